The lowest BCUT2D eigenvalue weighted by atomic mass is 9.95. The summed E-state index contributed by atoms with van der Waals surface area (Å²) in [4.78, 5) is 27.4. The summed E-state index contributed by atoms with van der Waals surface area (Å²) in [5.41, 5.74) is 4.19. The Bertz CT molecular complexity index is 1260. The highest BCUT2D eigenvalue weighted by Gasteiger charge is 2.25. The van der Waals surface area contributed by atoms with E-state index >= 15 is 0 Å². The number of benzene rings is 1. The van der Waals surface area contributed by atoms with Crippen LogP contribution in [0.4, 0.5) is 28.8 Å². The van der Waals surface area contributed by atoms with Crippen LogP contribution in [0.5, 0.6) is 0 Å². The van der Waals surface area contributed by atoms with Gasteiger partial charge in [-0.3, -0.25) is 4.90 Å². The third kappa shape index (κ3) is 6.59. The molecule has 3 aromatic rings. The van der Waals surface area contributed by atoms with Crippen LogP contribution in [0, 0.1) is 12.8 Å². The molecule has 10 heteroatoms. The van der Waals surface area contributed by atoms with Gasteiger partial charge in [0, 0.05) is 71.3 Å². The number of halogens is 1. The Morgan fingerprint density at radius 1 is 1.00 bits per heavy atom. The summed E-state index contributed by atoms with van der Waals surface area (Å²) in [7, 11) is 4.04. The van der Waals surface area contributed by atoms with E-state index in [1.807, 2.05) is 45.6 Å². The van der Waals surface area contributed by atoms with Gasteiger partial charge in [0.25, 0.3) is 0 Å². The van der Waals surface area contributed by atoms with Crippen molar-refractivity contribution in [1.82, 2.24) is 24.8 Å². The van der Waals surface area contributed by atoms with E-state index in [9.17, 15) is 0 Å². The summed E-state index contributed by atoms with van der Waals surface area (Å²) in [6.07, 6.45) is 9.84. The first-order chi connectivity index (χ1) is 18.9. The van der Waals surface area contributed by atoms with Crippen molar-refractivity contribution in [2.45, 2.75) is 19.8 Å². The molecular formula is C29H38ClN9. The molecule has 0 unspecified atom stereocenters. The van der Waals surface area contributed by atoms with E-state index in [1.54, 1.807) is 6.20 Å². The van der Waals surface area contributed by atoms with Crippen molar-refractivity contribution in [1.29, 1.82) is 0 Å². The van der Waals surface area contributed by atoms with Crippen LogP contribution in [0.25, 0.3) is 6.08 Å². The highest BCUT2D eigenvalue weighted by molar-refractivity contribution is 6.32. The first-order valence-electron chi connectivity index (χ1n) is 13.6. The molecule has 2 saturated heterocycles. The molecule has 0 aliphatic carbocycles. The quantitative estimate of drug-likeness (QED) is 0.431. The van der Waals surface area contributed by atoms with Gasteiger partial charge < -0.3 is 20.0 Å². The minimum Gasteiger partial charge on any atom is -0.377 e. The number of anilines is 5. The Kier molecular flexibility index (Phi) is 8.47. The molecular weight excluding hydrogens is 510 g/mol. The number of hydrogen-bond acceptors (Lipinski definition) is 9. The fourth-order valence-electron chi connectivity index (χ4n) is 5.36. The summed E-state index contributed by atoms with van der Waals surface area (Å²) in [6, 6.07) is 6.14. The van der Waals surface area contributed by atoms with Gasteiger partial charge in [0.15, 0.2) is 5.82 Å². The van der Waals surface area contributed by atoms with Gasteiger partial charge in [0.2, 0.25) is 5.95 Å². The number of aromatic nitrogens is 4. The Labute approximate surface area is 236 Å². The summed E-state index contributed by atoms with van der Waals surface area (Å²) >= 11 is 6.48. The third-order valence-corrected chi connectivity index (χ3v) is 7.92. The van der Waals surface area contributed by atoms with Gasteiger partial charge in [-0.1, -0.05) is 24.3 Å². The molecule has 206 valence electrons. The minimum atomic E-state index is 0.498. The van der Waals surface area contributed by atoms with Gasteiger partial charge in [-0.25, -0.2) is 15.0 Å². The largest absolute Gasteiger partial charge is 0.377 e. The van der Waals surface area contributed by atoms with Crippen LogP contribution in [0.3, 0.4) is 0 Å². The molecule has 2 fully saturated rings. The second kappa shape index (κ2) is 12.2. The van der Waals surface area contributed by atoms with Gasteiger partial charge in [0.1, 0.15) is 10.8 Å². The van der Waals surface area contributed by atoms with Crippen LogP contribution in [-0.4, -0.2) is 84.7 Å². The third-order valence-electron chi connectivity index (χ3n) is 7.64. The van der Waals surface area contributed by atoms with Crippen molar-refractivity contribution < 1.29 is 0 Å². The maximum Gasteiger partial charge on any atom is 0.227 e. The number of nitrogens with zero attached hydrogens (tertiary/aromatic N) is 8. The van der Waals surface area contributed by atoms with E-state index in [2.05, 4.69) is 58.6 Å². The molecule has 0 atom stereocenters. The van der Waals surface area contributed by atoms with E-state index in [-0.39, 0.29) is 0 Å². The lowest BCUT2D eigenvalue weighted by Gasteiger charge is -2.39. The van der Waals surface area contributed by atoms with Crippen molar-refractivity contribution in [2.75, 3.05) is 79.9 Å². The number of rotatable bonds is 8. The monoisotopic (exact) mass is 547 g/mol. The van der Waals surface area contributed by atoms with Gasteiger partial charge in [-0.2, -0.15) is 4.98 Å². The molecule has 0 amide bonds. The zero-order valence-corrected chi connectivity index (χ0v) is 23.9. The SMILES string of the molecule is C=Cc1cc(Nc2nc(N3CCN(CC4CCN(c5cnc(C)nc5)CC4)CC3)ncc2Cl)ccc1N(C)C. The predicted molar refractivity (Wildman–Crippen MR) is 162 cm³/mol. The second-order valence-electron chi connectivity index (χ2n) is 10.6. The summed E-state index contributed by atoms with van der Waals surface area (Å²) in [6.45, 7) is 13.0. The fraction of sp³-hybridized carbons (Fsp3) is 0.448. The van der Waals surface area contributed by atoms with Crippen LogP contribution < -0.4 is 20.0 Å². The number of hydrogen-bond donors (Lipinski definition) is 1. The Morgan fingerprint density at radius 3 is 2.38 bits per heavy atom. The van der Waals surface area contributed by atoms with E-state index in [0.717, 1.165) is 80.2 Å². The second-order valence-corrected chi connectivity index (χ2v) is 11.0. The average Bonchev–Trinajstić information content (AvgIpc) is 2.95. The zero-order valence-electron chi connectivity index (χ0n) is 23.1. The van der Waals surface area contributed by atoms with Gasteiger partial charge >= 0.3 is 0 Å². The van der Waals surface area contributed by atoms with Crippen molar-refractivity contribution in [3.63, 3.8) is 0 Å². The average molecular weight is 548 g/mol. The normalized spacial score (nSPS) is 16.8. The molecule has 0 bridgehead atoms. The van der Waals surface area contributed by atoms with Crippen LogP contribution in [0.15, 0.2) is 43.4 Å². The standard InChI is InChI=1S/C29H38ClN9/c1-5-23-16-24(6-7-27(23)36(3)4)34-28-26(30)19-33-29(35-28)39-14-12-37(13-15-39)20-22-8-10-38(11-9-22)25-17-31-21(2)32-18-25/h5-7,16-19,22H,1,8-15,20H2,2-4H3,(H,33,34,35). The number of piperazine rings is 1. The van der Waals surface area contributed by atoms with Crippen LogP contribution >= 0.6 is 11.6 Å². The molecule has 0 radical (unpaired) electrons. The molecule has 1 aromatic carbocycles. The molecule has 0 spiro atoms. The molecule has 2 aliphatic rings. The first-order valence-corrected chi connectivity index (χ1v) is 14.0. The lowest BCUT2D eigenvalue weighted by Crippen LogP contribution is -2.49. The first kappa shape index (κ1) is 27.1. The molecule has 1 N–H and O–H groups in total. The maximum absolute atomic E-state index is 6.48. The highest BCUT2D eigenvalue weighted by atomic mass is 35.5. The van der Waals surface area contributed by atoms with Gasteiger partial charge in [0.05, 0.1) is 24.3 Å². The molecule has 4 heterocycles. The van der Waals surface area contributed by atoms with Crippen molar-refractivity contribution in [2.24, 2.45) is 5.92 Å². The predicted octanol–water partition coefficient (Wildman–Crippen LogP) is 4.72. The van der Waals surface area contributed by atoms with Gasteiger partial charge in [-0.05, 0) is 49.4 Å². The minimum absolute atomic E-state index is 0.498. The zero-order chi connectivity index (χ0) is 27.4. The lowest BCUT2D eigenvalue weighted by molar-refractivity contribution is 0.201. The Balaban J connectivity index is 1.14. The Hall–Kier alpha value is -3.43. The maximum atomic E-state index is 6.48. The molecule has 2 aromatic heterocycles. The topological polar surface area (TPSA) is 76.5 Å². The van der Waals surface area contributed by atoms with E-state index in [0.29, 0.717) is 16.8 Å². The van der Waals surface area contributed by atoms with Crippen LogP contribution in [-0.2, 0) is 0 Å². The highest BCUT2D eigenvalue weighted by Crippen LogP contribution is 2.29. The number of nitrogens with one attached hydrogen (secondary N) is 1. The fourth-order valence-corrected chi connectivity index (χ4v) is 5.49. The molecule has 0 saturated carbocycles. The van der Waals surface area contributed by atoms with Crippen LogP contribution in [0.2, 0.25) is 5.02 Å². The summed E-state index contributed by atoms with van der Waals surface area (Å²) in [5.74, 6) is 2.87. The van der Waals surface area contributed by atoms with E-state index in [1.165, 1.54) is 12.8 Å². The summed E-state index contributed by atoms with van der Waals surface area (Å²) < 4.78 is 0. The molecule has 39 heavy (non-hydrogen) atoms. The molecule has 9 nitrogen and oxygen atoms in total. The van der Waals surface area contributed by atoms with E-state index in [4.69, 9.17) is 16.6 Å². The number of piperidine rings is 1. The van der Waals surface area contributed by atoms with Gasteiger partial charge in [-0.15, -0.1) is 0 Å². The van der Waals surface area contributed by atoms with E-state index < -0.39 is 0 Å². The van der Waals surface area contributed by atoms with Crippen molar-refractivity contribution in [3.8, 4) is 0 Å². The smallest absolute Gasteiger partial charge is 0.227 e. The van der Waals surface area contributed by atoms with Crippen LogP contribution in [0.1, 0.15) is 24.2 Å². The van der Waals surface area contributed by atoms with Crippen molar-refractivity contribution >= 4 is 46.5 Å². The molecule has 2 aliphatic heterocycles. The number of aryl methyl sites for hydroxylation is 1. The Morgan fingerprint density at radius 2 is 1.72 bits per heavy atom. The van der Waals surface area contributed by atoms with Crippen molar-refractivity contribution in [3.05, 3.63) is 59.8 Å². The molecule has 5 rings (SSSR count). The summed E-state index contributed by atoms with van der Waals surface area (Å²) in [5, 5.41) is 3.87.